The summed E-state index contributed by atoms with van der Waals surface area (Å²) in [4.78, 5) is 12.1. The molecule has 1 saturated heterocycles. The van der Waals surface area contributed by atoms with Crippen molar-refractivity contribution >= 4 is 15.8 Å². The topological polar surface area (TPSA) is 17.1 Å². The molecule has 86 valence electrons. The molecular weight excluding hydrogens is 204 g/mol. The van der Waals surface area contributed by atoms with E-state index in [1.54, 1.807) is 0 Å². The summed E-state index contributed by atoms with van der Waals surface area (Å²) in [5.74, 6) is 4.05. The lowest BCUT2D eigenvalue weighted by molar-refractivity contribution is -0.113. The molecule has 1 aliphatic carbocycles. The fraction of sp³-hybridized carbons (Fsp3) is 0.769. The van der Waals surface area contributed by atoms with Crippen molar-refractivity contribution < 1.29 is 4.79 Å². The molecule has 0 atom stereocenters. The first-order chi connectivity index (χ1) is 7.20. The zero-order valence-electron chi connectivity index (χ0n) is 9.76. The molecule has 0 N–H and O–H groups in total. The van der Waals surface area contributed by atoms with Crippen molar-refractivity contribution in [3.63, 3.8) is 0 Å². The van der Waals surface area contributed by atoms with Crippen LogP contribution in [0, 0.1) is 0 Å². The van der Waals surface area contributed by atoms with Crippen molar-refractivity contribution in [1.82, 2.24) is 0 Å². The van der Waals surface area contributed by atoms with E-state index in [1.165, 1.54) is 37.2 Å². The predicted octanol–water partition coefficient (Wildman–Crippen LogP) is 3.28. The van der Waals surface area contributed by atoms with Gasteiger partial charge in [0.15, 0.2) is 5.78 Å². The first kappa shape index (κ1) is 11.3. The second kappa shape index (κ2) is 4.73. The number of rotatable bonds is 3. The molecule has 0 radical (unpaired) electrons. The van der Waals surface area contributed by atoms with Gasteiger partial charge in [-0.05, 0) is 61.9 Å². The van der Waals surface area contributed by atoms with Gasteiger partial charge in [-0.15, -0.1) is 0 Å². The van der Waals surface area contributed by atoms with Crippen molar-refractivity contribution in [3.05, 3.63) is 11.6 Å². The number of hydrogen-bond acceptors (Lipinski definition) is 1. The molecule has 0 unspecified atom stereocenters. The van der Waals surface area contributed by atoms with Crippen LogP contribution in [-0.4, -0.2) is 29.3 Å². The molecule has 1 fully saturated rings. The Morgan fingerprint density at radius 3 is 2.60 bits per heavy atom. The molecule has 0 spiro atoms. The first-order valence-corrected chi connectivity index (χ1v) is 8.68. The largest absolute Gasteiger partial charge is 0.294 e. The first-order valence-electron chi connectivity index (χ1n) is 6.13. The molecule has 1 aliphatic heterocycles. The number of ketones is 1. The minimum Gasteiger partial charge on any atom is -0.294 e. The Morgan fingerprint density at radius 1 is 1.27 bits per heavy atom. The van der Waals surface area contributed by atoms with Gasteiger partial charge < -0.3 is 0 Å². The maximum atomic E-state index is 12.1. The van der Waals surface area contributed by atoms with Gasteiger partial charge in [-0.2, -0.15) is 0 Å². The zero-order valence-corrected chi connectivity index (χ0v) is 10.6. The van der Waals surface area contributed by atoms with Crippen LogP contribution in [0.25, 0.3) is 0 Å². The molecule has 0 aromatic rings. The van der Waals surface area contributed by atoms with E-state index in [4.69, 9.17) is 0 Å². The summed E-state index contributed by atoms with van der Waals surface area (Å²) in [5.41, 5.74) is 1.15. The lowest BCUT2D eigenvalue weighted by Gasteiger charge is -2.30. The van der Waals surface area contributed by atoms with Crippen molar-refractivity contribution in [2.24, 2.45) is 0 Å². The third-order valence-corrected chi connectivity index (χ3v) is 7.16. The van der Waals surface area contributed by atoms with Gasteiger partial charge in [0.2, 0.25) is 0 Å². The second-order valence-electron chi connectivity index (χ2n) is 5.14. The van der Waals surface area contributed by atoms with Crippen LogP contribution in [0.1, 0.15) is 38.5 Å². The molecule has 0 amide bonds. The summed E-state index contributed by atoms with van der Waals surface area (Å²) < 4.78 is 0. The SMILES string of the molecule is CS1(CC(=O)C2=CCCCC2)CCCC1. The van der Waals surface area contributed by atoms with Crippen LogP contribution in [0.5, 0.6) is 0 Å². The van der Waals surface area contributed by atoms with E-state index < -0.39 is 10.0 Å². The Morgan fingerprint density at radius 2 is 2.00 bits per heavy atom. The Balaban J connectivity index is 1.93. The highest BCUT2D eigenvalue weighted by Gasteiger charge is 2.27. The molecule has 1 heterocycles. The third-order valence-electron chi connectivity index (χ3n) is 3.65. The average Bonchev–Trinajstić information content (AvgIpc) is 2.66. The van der Waals surface area contributed by atoms with Crippen molar-refractivity contribution in [2.45, 2.75) is 38.5 Å². The van der Waals surface area contributed by atoms with Crippen LogP contribution in [0.15, 0.2) is 11.6 Å². The van der Waals surface area contributed by atoms with Gasteiger partial charge in [-0.1, -0.05) is 6.08 Å². The number of Topliss-reactive ketones (excluding diaryl/α,β-unsaturated/α-hetero) is 1. The maximum Gasteiger partial charge on any atom is 0.166 e. The fourth-order valence-corrected chi connectivity index (χ4v) is 5.76. The number of carbonyl (C=O) groups is 1. The van der Waals surface area contributed by atoms with E-state index in [0.717, 1.165) is 24.2 Å². The number of allylic oxidation sites excluding steroid dienone is 2. The Bertz CT molecular complexity index is 274. The van der Waals surface area contributed by atoms with Gasteiger partial charge >= 0.3 is 0 Å². The molecule has 0 aromatic heterocycles. The van der Waals surface area contributed by atoms with Crippen LogP contribution >= 0.6 is 10.0 Å². The highest BCUT2D eigenvalue weighted by molar-refractivity contribution is 8.33. The summed E-state index contributed by atoms with van der Waals surface area (Å²) in [6, 6.07) is 0. The quantitative estimate of drug-likeness (QED) is 0.722. The van der Waals surface area contributed by atoms with E-state index >= 15 is 0 Å². The summed E-state index contributed by atoms with van der Waals surface area (Å²) in [5, 5.41) is 0. The van der Waals surface area contributed by atoms with Crippen LogP contribution in [0.3, 0.4) is 0 Å². The zero-order chi connectivity index (χ0) is 10.7. The Kier molecular flexibility index (Phi) is 3.55. The number of carbonyl (C=O) groups excluding carboxylic acids is 1. The molecule has 2 aliphatic rings. The van der Waals surface area contributed by atoms with Crippen LogP contribution in [0.4, 0.5) is 0 Å². The molecule has 2 heteroatoms. The van der Waals surface area contributed by atoms with E-state index in [2.05, 4.69) is 12.3 Å². The van der Waals surface area contributed by atoms with Gasteiger partial charge in [0.05, 0.1) is 0 Å². The monoisotopic (exact) mass is 226 g/mol. The maximum absolute atomic E-state index is 12.1. The van der Waals surface area contributed by atoms with Crippen LogP contribution in [-0.2, 0) is 4.79 Å². The van der Waals surface area contributed by atoms with Crippen molar-refractivity contribution in [2.75, 3.05) is 23.5 Å². The molecule has 0 aromatic carbocycles. The lowest BCUT2D eigenvalue weighted by atomic mass is 9.97. The molecule has 15 heavy (non-hydrogen) atoms. The minimum atomic E-state index is -0.543. The fourth-order valence-electron chi connectivity index (χ4n) is 2.65. The molecule has 0 bridgehead atoms. The Hall–Kier alpha value is -0.240. The van der Waals surface area contributed by atoms with E-state index in [0.29, 0.717) is 5.78 Å². The normalized spacial score (nSPS) is 27.1. The summed E-state index contributed by atoms with van der Waals surface area (Å²) >= 11 is 0. The van der Waals surface area contributed by atoms with Gasteiger partial charge in [0.25, 0.3) is 0 Å². The van der Waals surface area contributed by atoms with Gasteiger partial charge in [-0.25, -0.2) is 10.0 Å². The van der Waals surface area contributed by atoms with Crippen LogP contribution in [0.2, 0.25) is 0 Å². The van der Waals surface area contributed by atoms with Gasteiger partial charge in [0.1, 0.15) is 0 Å². The highest BCUT2D eigenvalue weighted by Crippen LogP contribution is 2.50. The van der Waals surface area contributed by atoms with E-state index in [-0.39, 0.29) is 0 Å². The third kappa shape index (κ3) is 2.87. The van der Waals surface area contributed by atoms with Gasteiger partial charge in [0, 0.05) is 5.75 Å². The lowest BCUT2D eigenvalue weighted by Crippen LogP contribution is -2.17. The van der Waals surface area contributed by atoms with Crippen LogP contribution < -0.4 is 0 Å². The summed E-state index contributed by atoms with van der Waals surface area (Å²) in [7, 11) is -0.543. The second-order valence-corrected chi connectivity index (χ2v) is 9.20. The van der Waals surface area contributed by atoms with Crippen molar-refractivity contribution in [3.8, 4) is 0 Å². The summed E-state index contributed by atoms with van der Waals surface area (Å²) in [6.07, 6.45) is 12.0. The van der Waals surface area contributed by atoms with Crippen molar-refractivity contribution in [1.29, 1.82) is 0 Å². The van der Waals surface area contributed by atoms with Gasteiger partial charge in [-0.3, -0.25) is 4.79 Å². The standard InChI is InChI=1S/C13H22OS/c1-15(9-5-6-10-15)11-13(14)12-7-3-2-4-8-12/h7H,2-6,8-11H2,1H3. The van der Waals surface area contributed by atoms with E-state index in [1.807, 2.05) is 0 Å². The number of hydrogen-bond donors (Lipinski definition) is 0. The minimum absolute atomic E-state index is 0.481. The highest BCUT2D eigenvalue weighted by atomic mass is 32.3. The van der Waals surface area contributed by atoms with E-state index in [9.17, 15) is 4.79 Å². The molecule has 0 saturated carbocycles. The predicted molar refractivity (Wildman–Crippen MR) is 68.9 cm³/mol. The molecule has 1 nitrogen and oxygen atoms in total. The molecular formula is C13H22OS. The molecule has 2 rings (SSSR count). The smallest absolute Gasteiger partial charge is 0.166 e. The average molecular weight is 226 g/mol. The Labute approximate surface area is 94.6 Å². The summed E-state index contributed by atoms with van der Waals surface area (Å²) in [6.45, 7) is 0.